The van der Waals surface area contributed by atoms with Crippen molar-refractivity contribution in [3.63, 3.8) is 0 Å². The Kier molecular flexibility index (Phi) is 4.58. The van der Waals surface area contributed by atoms with Crippen LogP contribution in [0.5, 0.6) is 0 Å². The zero-order valence-corrected chi connectivity index (χ0v) is 13.5. The fourth-order valence-corrected chi connectivity index (χ4v) is 2.51. The average Bonchev–Trinajstić information content (AvgIpc) is 3.33. The van der Waals surface area contributed by atoms with Gasteiger partial charge in [0.15, 0.2) is 0 Å². The van der Waals surface area contributed by atoms with Crippen LogP contribution in [0.4, 0.5) is 0 Å². The number of nitriles is 1. The van der Waals surface area contributed by atoms with Crippen LogP contribution in [0.3, 0.4) is 0 Å². The molecule has 2 atom stereocenters. The number of nitrogens with one attached hydrogen (secondary N) is 1. The quantitative estimate of drug-likeness (QED) is 0.848. The van der Waals surface area contributed by atoms with E-state index in [-0.39, 0.29) is 23.8 Å². The van der Waals surface area contributed by atoms with Gasteiger partial charge in [-0.15, -0.1) is 0 Å². The lowest BCUT2D eigenvalue weighted by molar-refractivity contribution is 0.00592. The molecule has 1 fully saturated rings. The second kappa shape index (κ2) is 6.10. The van der Waals surface area contributed by atoms with Crippen molar-refractivity contribution in [1.82, 2.24) is 5.32 Å². The molecule has 4 nitrogen and oxygen atoms in total. The van der Waals surface area contributed by atoms with E-state index in [0.717, 1.165) is 24.8 Å². The number of carbonyl (C=O) groups excluding carboxylic acids is 1. The van der Waals surface area contributed by atoms with Gasteiger partial charge in [0.25, 0.3) is 5.91 Å². The predicted molar refractivity (Wildman–Crippen MR) is 85.4 cm³/mol. The Balaban J connectivity index is 1.98. The summed E-state index contributed by atoms with van der Waals surface area (Å²) in [5.41, 5.74) is 0.300. The lowest BCUT2D eigenvalue weighted by Gasteiger charge is -2.29. The van der Waals surface area contributed by atoms with Crippen molar-refractivity contribution in [2.45, 2.75) is 51.0 Å². The van der Waals surface area contributed by atoms with Gasteiger partial charge in [0.1, 0.15) is 0 Å². The van der Waals surface area contributed by atoms with E-state index in [1.54, 1.807) is 19.1 Å². The van der Waals surface area contributed by atoms with E-state index < -0.39 is 5.60 Å². The van der Waals surface area contributed by atoms with Crippen molar-refractivity contribution in [3.8, 4) is 6.07 Å². The molecule has 0 aliphatic heterocycles. The number of hydrogen-bond acceptors (Lipinski definition) is 3. The highest BCUT2D eigenvalue weighted by Gasteiger charge is 2.44. The van der Waals surface area contributed by atoms with Crippen molar-refractivity contribution >= 4 is 5.91 Å². The maximum Gasteiger partial charge on any atom is 0.251 e. The summed E-state index contributed by atoms with van der Waals surface area (Å²) < 4.78 is 0. The minimum absolute atomic E-state index is 0.112. The summed E-state index contributed by atoms with van der Waals surface area (Å²) in [6.45, 7) is 5.96. The standard InChI is InChI=1S/C18H24N2O2/c1-4-13(2)17(3,22)12-20-16(21)14-5-7-15(8-6-14)18(11-19)9-10-18/h5-8,13,22H,4,9-10,12H2,1-3H3,(H,20,21). The Morgan fingerprint density at radius 2 is 2.05 bits per heavy atom. The zero-order valence-electron chi connectivity index (χ0n) is 13.5. The maximum absolute atomic E-state index is 12.2. The third-order valence-electron chi connectivity index (χ3n) is 4.94. The fraction of sp³-hybridized carbons (Fsp3) is 0.556. The minimum Gasteiger partial charge on any atom is -0.388 e. The molecule has 0 bridgehead atoms. The van der Waals surface area contributed by atoms with Crippen LogP contribution in [-0.4, -0.2) is 23.2 Å². The first-order valence-electron chi connectivity index (χ1n) is 7.87. The second-order valence-electron chi connectivity index (χ2n) is 6.62. The van der Waals surface area contributed by atoms with Gasteiger partial charge in [-0.3, -0.25) is 4.79 Å². The third kappa shape index (κ3) is 3.31. The van der Waals surface area contributed by atoms with Crippen LogP contribution in [0.1, 0.15) is 56.0 Å². The first-order valence-corrected chi connectivity index (χ1v) is 7.87. The monoisotopic (exact) mass is 300 g/mol. The van der Waals surface area contributed by atoms with Gasteiger partial charge in [-0.1, -0.05) is 32.4 Å². The third-order valence-corrected chi connectivity index (χ3v) is 4.94. The van der Waals surface area contributed by atoms with Crippen molar-refractivity contribution in [2.75, 3.05) is 6.54 Å². The van der Waals surface area contributed by atoms with Gasteiger partial charge in [0, 0.05) is 12.1 Å². The number of hydrogen-bond donors (Lipinski definition) is 2. The molecule has 1 saturated carbocycles. The van der Waals surface area contributed by atoms with E-state index in [9.17, 15) is 15.2 Å². The largest absolute Gasteiger partial charge is 0.388 e. The van der Waals surface area contributed by atoms with Gasteiger partial charge in [0.2, 0.25) is 0 Å². The van der Waals surface area contributed by atoms with E-state index >= 15 is 0 Å². The molecular formula is C18H24N2O2. The molecule has 0 spiro atoms. The van der Waals surface area contributed by atoms with Crippen LogP contribution in [0, 0.1) is 17.2 Å². The SMILES string of the molecule is CCC(C)C(C)(O)CNC(=O)c1ccc(C2(C#N)CC2)cc1. The maximum atomic E-state index is 12.2. The van der Waals surface area contributed by atoms with E-state index in [1.165, 1.54) is 0 Å². The normalized spacial score (nSPS) is 19.6. The highest BCUT2D eigenvalue weighted by molar-refractivity contribution is 5.94. The first-order chi connectivity index (χ1) is 10.3. The van der Waals surface area contributed by atoms with Gasteiger partial charge in [-0.25, -0.2) is 0 Å². The number of rotatable bonds is 6. The molecule has 22 heavy (non-hydrogen) atoms. The Labute approximate surface area is 132 Å². The topological polar surface area (TPSA) is 73.1 Å². The van der Waals surface area contributed by atoms with Crippen LogP contribution in [0.2, 0.25) is 0 Å². The van der Waals surface area contributed by atoms with Crippen molar-refractivity contribution in [1.29, 1.82) is 5.26 Å². The zero-order chi connectivity index (χ0) is 16.4. The predicted octanol–water partition coefficient (Wildman–Crippen LogP) is 2.77. The Morgan fingerprint density at radius 1 is 1.45 bits per heavy atom. The minimum atomic E-state index is -0.913. The van der Waals surface area contributed by atoms with Crippen molar-refractivity contribution < 1.29 is 9.90 Å². The second-order valence-corrected chi connectivity index (χ2v) is 6.62. The molecule has 1 aliphatic carbocycles. The molecule has 2 unspecified atom stereocenters. The Hall–Kier alpha value is -1.86. The van der Waals surface area contributed by atoms with E-state index in [4.69, 9.17) is 0 Å². The molecule has 1 amide bonds. The summed E-state index contributed by atoms with van der Waals surface area (Å²) >= 11 is 0. The highest BCUT2D eigenvalue weighted by atomic mass is 16.3. The van der Waals surface area contributed by atoms with Gasteiger partial charge < -0.3 is 10.4 Å². The molecule has 2 rings (SSSR count). The fourth-order valence-electron chi connectivity index (χ4n) is 2.51. The molecule has 0 saturated heterocycles. The average molecular weight is 300 g/mol. The number of carbonyl (C=O) groups is 1. The van der Waals surface area contributed by atoms with Gasteiger partial charge in [-0.2, -0.15) is 5.26 Å². The molecule has 0 radical (unpaired) electrons. The summed E-state index contributed by atoms with van der Waals surface area (Å²) in [5.74, 6) is -0.0857. The number of amides is 1. The van der Waals surface area contributed by atoms with Gasteiger partial charge >= 0.3 is 0 Å². The van der Waals surface area contributed by atoms with E-state index in [2.05, 4.69) is 11.4 Å². The van der Waals surface area contributed by atoms with Gasteiger partial charge in [0.05, 0.1) is 17.1 Å². The van der Waals surface area contributed by atoms with E-state index in [1.807, 2.05) is 26.0 Å². The summed E-state index contributed by atoms with van der Waals surface area (Å²) in [6.07, 6.45) is 2.65. The van der Waals surface area contributed by atoms with Crippen LogP contribution in [0.25, 0.3) is 0 Å². The summed E-state index contributed by atoms with van der Waals surface area (Å²) in [4.78, 5) is 12.2. The van der Waals surface area contributed by atoms with Gasteiger partial charge in [-0.05, 0) is 43.4 Å². The first kappa shape index (κ1) is 16.5. The molecule has 1 aromatic carbocycles. The Bertz CT molecular complexity index is 580. The highest BCUT2D eigenvalue weighted by Crippen LogP contribution is 2.47. The van der Waals surface area contributed by atoms with Crippen LogP contribution in [-0.2, 0) is 5.41 Å². The van der Waals surface area contributed by atoms with Crippen LogP contribution >= 0.6 is 0 Å². The molecular weight excluding hydrogens is 276 g/mol. The van der Waals surface area contributed by atoms with Crippen molar-refractivity contribution in [3.05, 3.63) is 35.4 Å². The lowest BCUT2D eigenvalue weighted by atomic mass is 9.88. The van der Waals surface area contributed by atoms with Crippen LogP contribution < -0.4 is 5.32 Å². The number of nitrogens with zero attached hydrogens (tertiary/aromatic N) is 1. The van der Waals surface area contributed by atoms with Crippen molar-refractivity contribution in [2.24, 2.45) is 5.92 Å². The molecule has 118 valence electrons. The van der Waals surface area contributed by atoms with E-state index in [0.29, 0.717) is 5.56 Å². The number of aliphatic hydroxyl groups is 1. The molecule has 4 heteroatoms. The summed E-state index contributed by atoms with van der Waals surface area (Å²) in [7, 11) is 0. The molecule has 0 heterocycles. The molecule has 0 aromatic heterocycles. The van der Waals surface area contributed by atoms with Crippen LogP contribution in [0.15, 0.2) is 24.3 Å². The number of benzene rings is 1. The Morgan fingerprint density at radius 3 is 2.50 bits per heavy atom. The lowest BCUT2D eigenvalue weighted by Crippen LogP contribution is -2.45. The summed E-state index contributed by atoms with van der Waals surface area (Å²) in [5, 5.41) is 22.3. The molecule has 1 aromatic rings. The summed E-state index contributed by atoms with van der Waals surface area (Å²) in [6, 6.07) is 9.57. The smallest absolute Gasteiger partial charge is 0.251 e. The molecule has 2 N–H and O–H groups in total. The molecule has 1 aliphatic rings.